The van der Waals surface area contributed by atoms with E-state index in [0.717, 1.165) is 41.2 Å². The van der Waals surface area contributed by atoms with Gasteiger partial charge < -0.3 is 19.7 Å². The maximum absolute atomic E-state index is 5.42. The van der Waals surface area contributed by atoms with Gasteiger partial charge in [0, 0.05) is 29.7 Å². The molecule has 0 radical (unpaired) electrons. The van der Waals surface area contributed by atoms with Crippen LogP contribution >= 0.6 is 15.9 Å². The van der Waals surface area contributed by atoms with Crippen molar-refractivity contribution in [2.45, 2.75) is 6.54 Å². The fourth-order valence-electron chi connectivity index (χ4n) is 1.65. The van der Waals surface area contributed by atoms with Crippen LogP contribution in [-0.2, 0) is 6.54 Å². The summed E-state index contributed by atoms with van der Waals surface area (Å²) in [6.45, 7) is 2.68. The molecule has 0 heterocycles. The molecule has 0 fully saturated rings. The highest BCUT2D eigenvalue weighted by Crippen LogP contribution is 2.35. The second kappa shape index (κ2) is 7.61. The van der Waals surface area contributed by atoms with Gasteiger partial charge in [-0.05, 0) is 26.2 Å². The minimum Gasteiger partial charge on any atom is -0.493 e. The molecule has 0 saturated heterocycles. The molecule has 1 N–H and O–H groups in total. The van der Waals surface area contributed by atoms with Gasteiger partial charge in [0.2, 0.25) is 0 Å². The zero-order chi connectivity index (χ0) is 13.5. The molecular formula is C13H21BrN2O2. The fourth-order valence-corrected chi connectivity index (χ4v) is 2.10. The van der Waals surface area contributed by atoms with Crippen molar-refractivity contribution in [2.75, 3.05) is 41.4 Å². The molecule has 0 aliphatic carbocycles. The van der Waals surface area contributed by atoms with Crippen molar-refractivity contribution in [3.05, 3.63) is 22.2 Å². The second-order valence-electron chi connectivity index (χ2n) is 4.24. The predicted octanol–water partition coefficient (Wildman–Crippen LogP) is 2.12. The van der Waals surface area contributed by atoms with Crippen LogP contribution in [0.3, 0.4) is 0 Å². The summed E-state index contributed by atoms with van der Waals surface area (Å²) < 4.78 is 11.7. The third-order valence-electron chi connectivity index (χ3n) is 2.63. The lowest BCUT2D eigenvalue weighted by Gasteiger charge is -2.16. The number of likely N-dealkylation sites (N-methyl/N-ethyl adjacent to an activating group) is 1. The summed E-state index contributed by atoms with van der Waals surface area (Å²) in [6, 6.07) is 3.87. The van der Waals surface area contributed by atoms with Crippen molar-refractivity contribution in [3.8, 4) is 11.5 Å². The van der Waals surface area contributed by atoms with Gasteiger partial charge in [0.1, 0.15) is 0 Å². The molecule has 0 aromatic heterocycles. The molecule has 5 heteroatoms. The average molecular weight is 317 g/mol. The van der Waals surface area contributed by atoms with E-state index in [1.165, 1.54) is 0 Å². The van der Waals surface area contributed by atoms with Gasteiger partial charge >= 0.3 is 0 Å². The van der Waals surface area contributed by atoms with Gasteiger partial charge in [-0.25, -0.2) is 0 Å². The van der Waals surface area contributed by atoms with Gasteiger partial charge in [-0.3, -0.25) is 0 Å². The molecule has 0 unspecified atom stereocenters. The SMILES string of the molecule is COc1ccc(Br)c(CNCCN(C)C)c1OC. The number of ether oxygens (including phenoxy) is 2. The molecule has 1 aromatic rings. The quantitative estimate of drug-likeness (QED) is 0.781. The maximum Gasteiger partial charge on any atom is 0.166 e. The van der Waals surface area contributed by atoms with Crippen molar-refractivity contribution in [3.63, 3.8) is 0 Å². The highest BCUT2D eigenvalue weighted by molar-refractivity contribution is 9.10. The number of hydrogen-bond acceptors (Lipinski definition) is 4. The van der Waals surface area contributed by atoms with E-state index in [-0.39, 0.29) is 0 Å². The molecule has 4 nitrogen and oxygen atoms in total. The Morgan fingerprint density at radius 3 is 2.50 bits per heavy atom. The Bertz CT molecular complexity index is 383. The lowest BCUT2D eigenvalue weighted by atomic mass is 10.2. The number of rotatable bonds is 7. The standard InChI is InChI=1S/C13H21BrN2O2/c1-16(2)8-7-15-9-10-11(14)5-6-12(17-3)13(10)18-4/h5-6,15H,7-9H2,1-4H3. The molecule has 0 saturated carbocycles. The largest absolute Gasteiger partial charge is 0.493 e. The topological polar surface area (TPSA) is 33.7 Å². The summed E-state index contributed by atoms with van der Waals surface area (Å²) in [5.74, 6) is 1.54. The lowest BCUT2D eigenvalue weighted by molar-refractivity contribution is 0.349. The Labute approximate surface area is 117 Å². The minimum absolute atomic E-state index is 0.745. The van der Waals surface area contributed by atoms with Crippen LogP contribution in [-0.4, -0.2) is 46.3 Å². The van der Waals surface area contributed by atoms with Crippen LogP contribution in [0.5, 0.6) is 11.5 Å². The van der Waals surface area contributed by atoms with Crippen LogP contribution in [0.15, 0.2) is 16.6 Å². The molecule has 102 valence electrons. The highest BCUT2D eigenvalue weighted by atomic mass is 79.9. The Hall–Kier alpha value is -0.780. The van der Waals surface area contributed by atoms with E-state index in [9.17, 15) is 0 Å². The maximum atomic E-state index is 5.42. The van der Waals surface area contributed by atoms with E-state index in [1.807, 2.05) is 12.1 Å². The van der Waals surface area contributed by atoms with Crippen molar-refractivity contribution < 1.29 is 9.47 Å². The van der Waals surface area contributed by atoms with Gasteiger partial charge in [-0.1, -0.05) is 15.9 Å². The summed E-state index contributed by atoms with van der Waals surface area (Å²) in [7, 11) is 7.43. The summed E-state index contributed by atoms with van der Waals surface area (Å²) in [4.78, 5) is 2.14. The molecule has 0 aliphatic rings. The number of methoxy groups -OCH3 is 2. The normalized spacial score (nSPS) is 10.8. The van der Waals surface area contributed by atoms with Gasteiger partial charge in [0.15, 0.2) is 11.5 Å². The molecule has 1 aromatic carbocycles. The zero-order valence-electron chi connectivity index (χ0n) is 11.4. The Balaban J connectivity index is 2.74. The molecular weight excluding hydrogens is 296 g/mol. The first-order valence-corrected chi connectivity index (χ1v) is 6.64. The zero-order valence-corrected chi connectivity index (χ0v) is 13.0. The lowest BCUT2D eigenvalue weighted by Crippen LogP contribution is -2.26. The monoisotopic (exact) mass is 316 g/mol. The molecule has 0 amide bonds. The Kier molecular flexibility index (Phi) is 6.46. The van der Waals surface area contributed by atoms with Crippen molar-refractivity contribution >= 4 is 15.9 Å². The summed E-state index contributed by atoms with van der Waals surface area (Å²) >= 11 is 3.55. The van der Waals surface area contributed by atoms with E-state index in [2.05, 4.69) is 40.2 Å². The molecule has 0 bridgehead atoms. The number of nitrogens with zero attached hydrogens (tertiary/aromatic N) is 1. The average Bonchev–Trinajstić information content (AvgIpc) is 2.35. The smallest absolute Gasteiger partial charge is 0.166 e. The van der Waals surface area contributed by atoms with Crippen molar-refractivity contribution in [2.24, 2.45) is 0 Å². The predicted molar refractivity (Wildman–Crippen MR) is 77.5 cm³/mol. The van der Waals surface area contributed by atoms with Crippen LogP contribution in [0.25, 0.3) is 0 Å². The summed E-state index contributed by atoms with van der Waals surface area (Å²) in [5, 5.41) is 3.39. The van der Waals surface area contributed by atoms with E-state index in [0.29, 0.717) is 0 Å². The molecule has 0 spiro atoms. The third kappa shape index (κ3) is 4.15. The van der Waals surface area contributed by atoms with Crippen LogP contribution in [0.4, 0.5) is 0 Å². The Morgan fingerprint density at radius 2 is 1.94 bits per heavy atom. The van der Waals surface area contributed by atoms with E-state index in [1.54, 1.807) is 14.2 Å². The van der Waals surface area contributed by atoms with Gasteiger partial charge in [0.25, 0.3) is 0 Å². The minimum atomic E-state index is 0.745. The molecule has 0 atom stereocenters. The number of nitrogens with one attached hydrogen (secondary N) is 1. The van der Waals surface area contributed by atoms with Gasteiger partial charge in [0.05, 0.1) is 14.2 Å². The first-order chi connectivity index (χ1) is 8.60. The molecule has 0 aliphatic heterocycles. The van der Waals surface area contributed by atoms with Gasteiger partial charge in [-0.15, -0.1) is 0 Å². The van der Waals surface area contributed by atoms with Crippen molar-refractivity contribution in [1.29, 1.82) is 0 Å². The summed E-state index contributed by atoms with van der Waals surface area (Å²) in [6.07, 6.45) is 0. The van der Waals surface area contributed by atoms with E-state index < -0.39 is 0 Å². The number of benzene rings is 1. The van der Waals surface area contributed by atoms with E-state index in [4.69, 9.17) is 9.47 Å². The third-order valence-corrected chi connectivity index (χ3v) is 3.37. The summed E-state index contributed by atoms with van der Waals surface area (Å²) in [5.41, 5.74) is 1.08. The Morgan fingerprint density at radius 1 is 1.22 bits per heavy atom. The van der Waals surface area contributed by atoms with E-state index >= 15 is 0 Å². The van der Waals surface area contributed by atoms with Gasteiger partial charge in [-0.2, -0.15) is 0 Å². The van der Waals surface area contributed by atoms with Crippen LogP contribution in [0.1, 0.15) is 5.56 Å². The van der Waals surface area contributed by atoms with Crippen LogP contribution < -0.4 is 14.8 Å². The highest BCUT2D eigenvalue weighted by Gasteiger charge is 2.12. The first-order valence-electron chi connectivity index (χ1n) is 5.85. The van der Waals surface area contributed by atoms with Crippen molar-refractivity contribution in [1.82, 2.24) is 10.2 Å². The fraction of sp³-hybridized carbons (Fsp3) is 0.538. The molecule has 18 heavy (non-hydrogen) atoms. The number of hydrogen-bond donors (Lipinski definition) is 1. The molecule has 1 rings (SSSR count). The van der Waals surface area contributed by atoms with Crippen LogP contribution in [0, 0.1) is 0 Å². The first kappa shape index (κ1) is 15.3. The number of halogens is 1. The van der Waals surface area contributed by atoms with Crippen LogP contribution in [0.2, 0.25) is 0 Å². The second-order valence-corrected chi connectivity index (χ2v) is 5.10.